The van der Waals surface area contributed by atoms with E-state index >= 15 is 0 Å². The first-order valence-electron chi connectivity index (χ1n) is 7.45. The molecule has 4 nitrogen and oxygen atoms in total. The Labute approximate surface area is 144 Å². The van der Waals surface area contributed by atoms with Gasteiger partial charge in [-0.2, -0.15) is 0 Å². The Kier molecular flexibility index (Phi) is 4.72. The predicted octanol–water partition coefficient (Wildman–Crippen LogP) is 4.56. The first-order chi connectivity index (χ1) is 11.6. The smallest absolute Gasteiger partial charge is 0.265 e. The molecule has 0 spiro atoms. The molecule has 0 saturated carbocycles. The predicted molar refractivity (Wildman–Crippen MR) is 97.8 cm³/mol. The van der Waals surface area contributed by atoms with Gasteiger partial charge in [-0.3, -0.25) is 9.59 Å². The summed E-state index contributed by atoms with van der Waals surface area (Å²) in [6.45, 7) is 1.89. The lowest BCUT2D eigenvalue weighted by molar-refractivity contribution is 0.102. The molecule has 0 unspecified atom stereocenters. The fourth-order valence-electron chi connectivity index (χ4n) is 2.27. The number of hydrogen-bond acceptors (Lipinski definition) is 3. The second-order valence-electron chi connectivity index (χ2n) is 5.28. The Hall–Kier alpha value is -2.92. The molecule has 0 aliphatic rings. The molecular weight excluding hydrogens is 320 g/mol. The Bertz CT molecular complexity index is 858. The maximum Gasteiger partial charge on any atom is 0.265 e. The molecule has 2 N–H and O–H groups in total. The van der Waals surface area contributed by atoms with Gasteiger partial charge in [0, 0.05) is 16.9 Å². The summed E-state index contributed by atoms with van der Waals surface area (Å²) in [5.41, 5.74) is 2.90. The first-order valence-corrected chi connectivity index (χ1v) is 8.33. The third-order valence-corrected chi connectivity index (χ3v) is 4.38. The van der Waals surface area contributed by atoms with Crippen molar-refractivity contribution in [1.82, 2.24) is 0 Å². The van der Waals surface area contributed by atoms with Gasteiger partial charge in [0.05, 0.1) is 4.88 Å². The Morgan fingerprint density at radius 2 is 1.67 bits per heavy atom. The van der Waals surface area contributed by atoms with Gasteiger partial charge in [0.2, 0.25) is 0 Å². The SMILES string of the molecule is Cc1cc(NC(=O)c2cccs2)ccc1NC(=O)c1ccccc1. The van der Waals surface area contributed by atoms with Crippen LogP contribution in [0, 0.1) is 6.92 Å². The maximum atomic E-state index is 12.2. The average Bonchev–Trinajstić information content (AvgIpc) is 3.13. The first kappa shape index (κ1) is 16.0. The Balaban J connectivity index is 1.71. The summed E-state index contributed by atoms with van der Waals surface area (Å²) < 4.78 is 0. The molecule has 5 heteroatoms. The van der Waals surface area contributed by atoms with Crippen LogP contribution in [0.4, 0.5) is 11.4 Å². The number of carbonyl (C=O) groups excluding carboxylic acids is 2. The van der Waals surface area contributed by atoms with Crippen molar-refractivity contribution in [3.63, 3.8) is 0 Å². The highest BCUT2D eigenvalue weighted by molar-refractivity contribution is 7.12. The molecule has 0 bridgehead atoms. The van der Waals surface area contributed by atoms with Gasteiger partial charge in [-0.15, -0.1) is 11.3 Å². The summed E-state index contributed by atoms with van der Waals surface area (Å²) in [5, 5.41) is 7.60. The lowest BCUT2D eigenvalue weighted by Gasteiger charge is -2.11. The van der Waals surface area contributed by atoms with Crippen molar-refractivity contribution in [2.45, 2.75) is 6.92 Å². The van der Waals surface area contributed by atoms with Crippen LogP contribution in [0.2, 0.25) is 0 Å². The van der Waals surface area contributed by atoms with Crippen LogP contribution >= 0.6 is 11.3 Å². The van der Waals surface area contributed by atoms with Gasteiger partial charge < -0.3 is 10.6 Å². The van der Waals surface area contributed by atoms with E-state index in [0.717, 1.165) is 11.3 Å². The van der Waals surface area contributed by atoms with Gasteiger partial charge in [0.1, 0.15) is 0 Å². The number of benzene rings is 2. The monoisotopic (exact) mass is 336 g/mol. The van der Waals surface area contributed by atoms with E-state index in [0.29, 0.717) is 16.1 Å². The quantitative estimate of drug-likeness (QED) is 0.734. The number of rotatable bonds is 4. The van der Waals surface area contributed by atoms with Crippen molar-refractivity contribution in [2.75, 3.05) is 10.6 Å². The zero-order chi connectivity index (χ0) is 16.9. The van der Waals surface area contributed by atoms with Crippen molar-refractivity contribution in [3.8, 4) is 0 Å². The standard InChI is InChI=1S/C19H16N2O2S/c1-13-12-15(20-19(23)17-8-5-11-24-17)9-10-16(13)21-18(22)14-6-3-2-4-7-14/h2-12H,1H3,(H,20,23)(H,21,22). The van der Waals surface area contributed by atoms with Crippen LogP contribution in [0.5, 0.6) is 0 Å². The summed E-state index contributed by atoms with van der Waals surface area (Å²) in [7, 11) is 0. The van der Waals surface area contributed by atoms with E-state index in [1.165, 1.54) is 11.3 Å². The molecule has 1 aromatic heterocycles. The third kappa shape index (κ3) is 3.70. The number of thiophene rings is 1. The fourth-order valence-corrected chi connectivity index (χ4v) is 2.89. The van der Waals surface area contributed by atoms with Crippen LogP contribution in [-0.4, -0.2) is 11.8 Å². The van der Waals surface area contributed by atoms with Crippen LogP contribution in [0.15, 0.2) is 66.0 Å². The number of aryl methyl sites for hydroxylation is 1. The number of nitrogens with one attached hydrogen (secondary N) is 2. The molecule has 120 valence electrons. The second-order valence-corrected chi connectivity index (χ2v) is 6.23. The molecule has 0 aliphatic carbocycles. The topological polar surface area (TPSA) is 58.2 Å². The molecule has 0 radical (unpaired) electrons. The molecular formula is C19H16N2O2S. The van der Waals surface area contributed by atoms with Crippen LogP contribution < -0.4 is 10.6 Å². The summed E-state index contributed by atoms with van der Waals surface area (Å²) in [6.07, 6.45) is 0. The highest BCUT2D eigenvalue weighted by Crippen LogP contribution is 2.21. The summed E-state index contributed by atoms with van der Waals surface area (Å²) in [5.74, 6) is -0.292. The lowest BCUT2D eigenvalue weighted by atomic mass is 10.1. The summed E-state index contributed by atoms with van der Waals surface area (Å²) in [6, 6.07) is 18.1. The molecule has 3 rings (SSSR count). The van der Waals surface area contributed by atoms with E-state index in [2.05, 4.69) is 10.6 Å². The summed E-state index contributed by atoms with van der Waals surface area (Å²) in [4.78, 5) is 24.9. The van der Waals surface area contributed by atoms with Gasteiger partial charge in [-0.1, -0.05) is 24.3 Å². The molecule has 0 fully saturated rings. The van der Waals surface area contributed by atoms with Crippen molar-refractivity contribution in [3.05, 3.63) is 82.0 Å². The van der Waals surface area contributed by atoms with Crippen molar-refractivity contribution < 1.29 is 9.59 Å². The summed E-state index contributed by atoms with van der Waals surface area (Å²) >= 11 is 1.39. The van der Waals surface area contributed by atoms with Crippen LogP contribution in [-0.2, 0) is 0 Å². The van der Waals surface area contributed by atoms with Gasteiger partial charge >= 0.3 is 0 Å². The van der Waals surface area contributed by atoms with Gasteiger partial charge in [-0.05, 0) is 54.3 Å². The molecule has 2 amide bonds. The van der Waals surface area contributed by atoms with E-state index in [-0.39, 0.29) is 11.8 Å². The van der Waals surface area contributed by atoms with E-state index in [4.69, 9.17) is 0 Å². The zero-order valence-corrected chi connectivity index (χ0v) is 13.9. The minimum Gasteiger partial charge on any atom is -0.322 e. The van der Waals surface area contributed by atoms with E-state index in [1.54, 1.807) is 30.3 Å². The molecule has 0 saturated heterocycles. The van der Waals surface area contributed by atoms with E-state index < -0.39 is 0 Å². The number of carbonyl (C=O) groups is 2. The largest absolute Gasteiger partial charge is 0.322 e. The lowest BCUT2D eigenvalue weighted by Crippen LogP contribution is -2.13. The van der Waals surface area contributed by atoms with Crippen molar-refractivity contribution in [1.29, 1.82) is 0 Å². The normalized spacial score (nSPS) is 10.2. The second kappa shape index (κ2) is 7.10. The van der Waals surface area contributed by atoms with Crippen molar-refractivity contribution >= 4 is 34.5 Å². The number of amides is 2. The van der Waals surface area contributed by atoms with Crippen LogP contribution in [0.1, 0.15) is 25.6 Å². The van der Waals surface area contributed by atoms with Gasteiger partial charge in [-0.25, -0.2) is 0 Å². The molecule has 1 heterocycles. The number of hydrogen-bond donors (Lipinski definition) is 2. The number of anilines is 2. The zero-order valence-electron chi connectivity index (χ0n) is 13.1. The molecule has 2 aromatic carbocycles. The molecule has 24 heavy (non-hydrogen) atoms. The third-order valence-electron chi connectivity index (χ3n) is 3.51. The van der Waals surface area contributed by atoms with Crippen LogP contribution in [0.3, 0.4) is 0 Å². The molecule has 0 aliphatic heterocycles. The van der Waals surface area contributed by atoms with Gasteiger partial charge in [0.25, 0.3) is 11.8 Å². The van der Waals surface area contributed by atoms with Gasteiger partial charge in [0.15, 0.2) is 0 Å². The fraction of sp³-hybridized carbons (Fsp3) is 0.0526. The molecule has 3 aromatic rings. The van der Waals surface area contributed by atoms with Crippen LogP contribution in [0.25, 0.3) is 0 Å². The Morgan fingerprint density at radius 3 is 2.33 bits per heavy atom. The highest BCUT2D eigenvalue weighted by atomic mass is 32.1. The Morgan fingerprint density at radius 1 is 0.875 bits per heavy atom. The van der Waals surface area contributed by atoms with E-state index in [9.17, 15) is 9.59 Å². The highest BCUT2D eigenvalue weighted by Gasteiger charge is 2.10. The van der Waals surface area contributed by atoms with E-state index in [1.807, 2.05) is 42.6 Å². The average molecular weight is 336 g/mol. The minimum absolute atomic E-state index is 0.134. The maximum absolute atomic E-state index is 12.2. The van der Waals surface area contributed by atoms with Crippen molar-refractivity contribution in [2.24, 2.45) is 0 Å². The molecule has 0 atom stereocenters. The minimum atomic E-state index is -0.158.